The Morgan fingerprint density at radius 2 is 1.50 bits per heavy atom. The minimum absolute atomic E-state index is 0.0572. The molecule has 3 aromatic carbocycles. The average Bonchev–Trinajstić information content (AvgIpc) is 3.53. The van der Waals surface area contributed by atoms with Crippen LogP contribution in [0.5, 0.6) is 34.5 Å². The summed E-state index contributed by atoms with van der Waals surface area (Å²) in [5, 5.41) is 12.1. The second kappa shape index (κ2) is 8.55. The number of anilines is 1. The molecule has 10 heteroatoms. The van der Waals surface area contributed by atoms with Crippen LogP contribution in [0.4, 0.5) is 5.69 Å². The summed E-state index contributed by atoms with van der Waals surface area (Å²) in [6.07, 6.45) is 0. The Morgan fingerprint density at radius 3 is 2.15 bits per heavy atom. The van der Waals surface area contributed by atoms with Crippen LogP contribution in [0.25, 0.3) is 0 Å². The Hall–Kier alpha value is -4.91. The molecular weight excluding hydrogens is 444 g/mol. The second-order valence-corrected chi connectivity index (χ2v) is 7.15. The van der Waals surface area contributed by atoms with Crippen molar-refractivity contribution in [2.24, 2.45) is 0 Å². The van der Waals surface area contributed by atoms with E-state index in [0.717, 1.165) is 0 Å². The molecule has 0 saturated carbocycles. The summed E-state index contributed by atoms with van der Waals surface area (Å²) in [4.78, 5) is 25.8. The fraction of sp³-hybridized carbons (Fsp3) is 0.125. The highest BCUT2D eigenvalue weighted by Gasteiger charge is 2.23. The van der Waals surface area contributed by atoms with E-state index in [9.17, 15) is 14.9 Å². The third-order valence-corrected chi connectivity index (χ3v) is 5.09. The predicted octanol–water partition coefficient (Wildman–Crippen LogP) is 3.50. The largest absolute Gasteiger partial charge is 0.493 e. The number of fused-ring (bicyclic) bond motifs is 2. The summed E-state index contributed by atoms with van der Waals surface area (Å²) >= 11 is 0. The molecule has 0 spiro atoms. The second-order valence-electron chi connectivity index (χ2n) is 7.15. The van der Waals surface area contributed by atoms with Crippen molar-refractivity contribution in [3.63, 3.8) is 0 Å². The topological polar surface area (TPSA) is 125 Å². The molecule has 0 aliphatic carbocycles. The first kappa shape index (κ1) is 21.0. The Bertz CT molecular complexity index is 1360. The van der Waals surface area contributed by atoms with Crippen LogP contribution in [0, 0.1) is 11.3 Å². The molecule has 0 bridgehead atoms. The Balaban J connectivity index is 1.46. The van der Waals surface area contributed by atoms with Gasteiger partial charge in [-0.2, -0.15) is 5.26 Å². The summed E-state index contributed by atoms with van der Waals surface area (Å²) < 4.78 is 32.1. The minimum Gasteiger partial charge on any atom is -0.493 e. The number of hydrogen-bond acceptors (Lipinski definition) is 9. The van der Waals surface area contributed by atoms with Crippen molar-refractivity contribution in [3.8, 4) is 40.6 Å². The molecule has 0 fully saturated rings. The van der Waals surface area contributed by atoms with Gasteiger partial charge in [-0.05, 0) is 42.5 Å². The predicted molar refractivity (Wildman–Crippen MR) is 116 cm³/mol. The normalized spacial score (nSPS) is 12.6. The van der Waals surface area contributed by atoms with Gasteiger partial charge in [0.25, 0.3) is 5.91 Å². The van der Waals surface area contributed by atoms with Gasteiger partial charge >= 0.3 is 5.97 Å². The number of esters is 1. The van der Waals surface area contributed by atoms with Crippen LogP contribution in [0.2, 0.25) is 0 Å². The number of amides is 1. The number of nitriles is 1. The molecule has 170 valence electrons. The van der Waals surface area contributed by atoms with E-state index >= 15 is 0 Å². The average molecular weight is 460 g/mol. The van der Waals surface area contributed by atoms with Crippen molar-refractivity contribution in [2.45, 2.75) is 0 Å². The number of nitrogens with zero attached hydrogens (tertiary/aromatic N) is 1. The number of methoxy groups -OCH3 is 1. The van der Waals surface area contributed by atoms with Gasteiger partial charge in [0.05, 0.1) is 30.0 Å². The smallest absolute Gasteiger partial charge is 0.343 e. The first-order chi connectivity index (χ1) is 16.6. The van der Waals surface area contributed by atoms with E-state index in [4.69, 9.17) is 28.4 Å². The summed E-state index contributed by atoms with van der Waals surface area (Å²) in [6, 6.07) is 14.1. The van der Waals surface area contributed by atoms with E-state index in [2.05, 4.69) is 5.32 Å². The standard InChI is InChI=1S/C24H16N2O8/c1-29-21-7-13(10-25)6-16(26-23(27)14-2-4-17-19(8-14)32-11-30-17)22(21)34-24(28)15-3-5-18-20(9-15)33-12-31-18/h2-9H,11-12H2,1H3,(H,26,27). The van der Waals surface area contributed by atoms with Crippen molar-refractivity contribution < 1.29 is 38.0 Å². The lowest BCUT2D eigenvalue weighted by Gasteiger charge is -2.15. The van der Waals surface area contributed by atoms with Gasteiger partial charge < -0.3 is 33.7 Å². The lowest BCUT2D eigenvalue weighted by atomic mass is 10.1. The monoisotopic (exact) mass is 460 g/mol. The lowest BCUT2D eigenvalue weighted by Crippen LogP contribution is -2.16. The summed E-state index contributed by atoms with van der Waals surface area (Å²) in [7, 11) is 1.36. The van der Waals surface area contributed by atoms with Gasteiger partial charge in [0.1, 0.15) is 0 Å². The molecule has 34 heavy (non-hydrogen) atoms. The van der Waals surface area contributed by atoms with Crippen LogP contribution >= 0.6 is 0 Å². The van der Waals surface area contributed by atoms with Crippen molar-refractivity contribution in [1.29, 1.82) is 5.26 Å². The lowest BCUT2D eigenvalue weighted by molar-refractivity contribution is 0.0729. The van der Waals surface area contributed by atoms with Crippen LogP contribution in [0.1, 0.15) is 26.3 Å². The molecule has 0 unspecified atom stereocenters. The van der Waals surface area contributed by atoms with Crippen molar-refractivity contribution >= 4 is 17.6 Å². The summed E-state index contributed by atoms with van der Waals surface area (Å²) in [5.74, 6) is 0.693. The Morgan fingerprint density at radius 1 is 0.882 bits per heavy atom. The van der Waals surface area contributed by atoms with E-state index < -0.39 is 11.9 Å². The maximum Gasteiger partial charge on any atom is 0.343 e. The fourth-order valence-corrected chi connectivity index (χ4v) is 3.42. The molecule has 2 heterocycles. The van der Waals surface area contributed by atoms with Crippen LogP contribution < -0.4 is 33.7 Å². The number of carbonyl (C=O) groups is 2. The highest BCUT2D eigenvalue weighted by molar-refractivity contribution is 6.06. The van der Waals surface area contributed by atoms with Crippen LogP contribution in [-0.4, -0.2) is 32.6 Å². The quantitative estimate of drug-likeness (QED) is 0.450. The van der Waals surface area contributed by atoms with Crippen molar-refractivity contribution in [1.82, 2.24) is 0 Å². The number of carbonyl (C=O) groups excluding carboxylic acids is 2. The minimum atomic E-state index is -0.722. The van der Waals surface area contributed by atoms with Gasteiger partial charge in [-0.15, -0.1) is 0 Å². The first-order valence-corrected chi connectivity index (χ1v) is 10.0. The summed E-state index contributed by atoms with van der Waals surface area (Å²) in [6.45, 7) is 0.134. The molecule has 10 nitrogen and oxygen atoms in total. The maximum absolute atomic E-state index is 12.9. The molecular formula is C24H16N2O8. The fourth-order valence-electron chi connectivity index (χ4n) is 3.42. The van der Waals surface area contributed by atoms with Crippen molar-refractivity contribution in [2.75, 3.05) is 26.0 Å². The zero-order valence-electron chi connectivity index (χ0n) is 17.7. The molecule has 0 saturated heterocycles. The van der Waals surface area contributed by atoms with Crippen molar-refractivity contribution in [3.05, 3.63) is 65.2 Å². The molecule has 0 radical (unpaired) electrons. The number of nitrogens with one attached hydrogen (secondary N) is 1. The van der Waals surface area contributed by atoms with Gasteiger partial charge in [0.2, 0.25) is 13.6 Å². The number of hydrogen-bond donors (Lipinski definition) is 1. The molecule has 2 aliphatic heterocycles. The van der Waals surface area contributed by atoms with E-state index in [1.54, 1.807) is 18.2 Å². The van der Waals surface area contributed by atoms with E-state index in [0.29, 0.717) is 23.0 Å². The van der Waals surface area contributed by atoms with E-state index in [1.165, 1.54) is 37.4 Å². The third-order valence-electron chi connectivity index (χ3n) is 5.09. The number of ether oxygens (including phenoxy) is 6. The van der Waals surface area contributed by atoms with E-state index in [-0.39, 0.29) is 47.5 Å². The number of rotatable bonds is 5. The molecule has 3 aromatic rings. The highest BCUT2D eigenvalue weighted by atomic mass is 16.7. The van der Waals surface area contributed by atoms with Gasteiger partial charge in [-0.25, -0.2) is 4.79 Å². The zero-order chi connectivity index (χ0) is 23.7. The van der Waals surface area contributed by atoms with Crippen LogP contribution in [-0.2, 0) is 0 Å². The van der Waals surface area contributed by atoms with Crippen LogP contribution in [0.15, 0.2) is 48.5 Å². The van der Waals surface area contributed by atoms with Gasteiger partial charge in [0.15, 0.2) is 34.5 Å². The van der Waals surface area contributed by atoms with Gasteiger partial charge in [-0.3, -0.25) is 4.79 Å². The number of benzene rings is 3. The molecule has 1 N–H and O–H groups in total. The van der Waals surface area contributed by atoms with E-state index in [1.807, 2.05) is 6.07 Å². The van der Waals surface area contributed by atoms with Gasteiger partial charge in [-0.1, -0.05) is 0 Å². The Kier molecular flexibility index (Phi) is 5.27. The molecule has 5 rings (SSSR count). The molecule has 0 atom stereocenters. The highest BCUT2D eigenvalue weighted by Crippen LogP contribution is 2.39. The molecule has 0 aromatic heterocycles. The Labute approximate surface area is 193 Å². The van der Waals surface area contributed by atoms with Crippen LogP contribution in [0.3, 0.4) is 0 Å². The molecule has 1 amide bonds. The first-order valence-electron chi connectivity index (χ1n) is 10.0. The summed E-state index contributed by atoms with van der Waals surface area (Å²) in [5.41, 5.74) is 0.746. The SMILES string of the molecule is COc1cc(C#N)cc(NC(=O)c2ccc3c(c2)OCO3)c1OC(=O)c1ccc2c(c1)OCO2. The molecule has 2 aliphatic rings. The third kappa shape index (κ3) is 3.86. The maximum atomic E-state index is 12.9. The zero-order valence-corrected chi connectivity index (χ0v) is 17.7. The van der Waals surface area contributed by atoms with Gasteiger partial charge in [0, 0.05) is 11.6 Å².